The van der Waals surface area contributed by atoms with E-state index in [1.807, 2.05) is 6.92 Å². The van der Waals surface area contributed by atoms with Gasteiger partial charge in [-0.25, -0.2) is 14.6 Å². The first-order valence-corrected chi connectivity index (χ1v) is 5.75. The standard InChI is InChI=1S/C10H17N5O3/c1-2-3-7(9(16)17)14-10(18)11-5-4-8-12-6-13-15-8/h6-7H,2-5H2,1H3,(H,16,17)(H2,11,14,18)(H,12,13,15). The van der Waals surface area contributed by atoms with E-state index < -0.39 is 18.0 Å². The lowest BCUT2D eigenvalue weighted by molar-refractivity contribution is -0.139. The van der Waals surface area contributed by atoms with Crippen LogP contribution >= 0.6 is 0 Å². The summed E-state index contributed by atoms with van der Waals surface area (Å²) in [4.78, 5) is 26.1. The fourth-order valence-corrected chi connectivity index (χ4v) is 1.40. The van der Waals surface area contributed by atoms with Gasteiger partial charge < -0.3 is 15.7 Å². The molecular weight excluding hydrogens is 238 g/mol. The molecule has 1 atom stereocenters. The van der Waals surface area contributed by atoms with Gasteiger partial charge in [-0.2, -0.15) is 5.10 Å². The Kier molecular flexibility index (Phi) is 5.62. The first-order valence-electron chi connectivity index (χ1n) is 5.75. The van der Waals surface area contributed by atoms with Gasteiger partial charge in [0.15, 0.2) is 0 Å². The van der Waals surface area contributed by atoms with Crippen molar-refractivity contribution in [1.29, 1.82) is 0 Å². The molecule has 0 bridgehead atoms. The Morgan fingerprint density at radius 1 is 1.56 bits per heavy atom. The molecule has 1 aromatic rings. The fourth-order valence-electron chi connectivity index (χ4n) is 1.40. The third kappa shape index (κ3) is 4.81. The topological polar surface area (TPSA) is 120 Å². The number of carbonyl (C=O) groups excluding carboxylic acids is 1. The minimum Gasteiger partial charge on any atom is -0.480 e. The van der Waals surface area contributed by atoms with E-state index in [0.717, 1.165) is 0 Å². The van der Waals surface area contributed by atoms with E-state index in [-0.39, 0.29) is 0 Å². The number of aliphatic carboxylic acids is 1. The molecule has 1 heterocycles. The Balaban J connectivity index is 2.25. The fraction of sp³-hybridized carbons (Fsp3) is 0.600. The lowest BCUT2D eigenvalue weighted by Crippen LogP contribution is -2.46. The zero-order valence-electron chi connectivity index (χ0n) is 10.1. The largest absolute Gasteiger partial charge is 0.480 e. The Morgan fingerprint density at radius 2 is 2.33 bits per heavy atom. The highest BCUT2D eigenvalue weighted by atomic mass is 16.4. The van der Waals surface area contributed by atoms with Crippen molar-refractivity contribution >= 4 is 12.0 Å². The molecule has 0 spiro atoms. The molecule has 1 rings (SSSR count). The van der Waals surface area contributed by atoms with E-state index in [1.54, 1.807) is 0 Å². The van der Waals surface area contributed by atoms with E-state index in [9.17, 15) is 9.59 Å². The molecule has 0 saturated carbocycles. The van der Waals surface area contributed by atoms with Crippen LogP contribution in [0.1, 0.15) is 25.6 Å². The zero-order valence-corrected chi connectivity index (χ0v) is 10.1. The molecule has 100 valence electrons. The van der Waals surface area contributed by atoms with Gasteiger partial charge in [0.1, 0.15) is 18.2 Å². The molecule has 0 aliphatic carbocycles. The van der Waals surface area contributed by atoms with Crippen molar-refractivity contribution in [3.63, 3.8) is 0 Å². The first kappa shape index (κ1) is 13.9. The molecule has 0 aliphatic heterocycles. The van der Waals surface area contributed by atoms with Crippen molar-refractivity contribution in [3.8, 4) is 0 Å². The smallest absolute Gasteiger partial charge is 0.326 e. The number of carboxylic acids is 1. The second-order valence-electron chi connectivity index (χ2n) is 3.76. The molecule has 8 nitrogen and oxygen atoms in total. The van der Waals surface area contributed by atoms with Crippen molar-refractivity contribution in [2.45, 2.75) is 32.2 Å². The number of nitrogens with one attached hydrogen (secondary N) is 3. The number of aromatic nitrogens is 3. The number of rotatable bonds is 7. The number of carbonyl (C=O) groups is 2. The summed E-state index contributed by atoms with van der Waals surface area (Å²) in [5.41, 5.74) is 0. The maximum atomic E-state index is 11.4. The van der Waals surface area contributed by atoms with Crippen molar-refractivity contribution < 1.29 is 14.7 Å². The second kappa shape index (κ2) is 7.25. The summed E-state index contributed by atoms with van der Waals surface area (Å²) in [5.74, 6) is -0.360. The quantitative estimate of drug-likeness (QED) is 0.542. The molecule has 8 heteroatoms. The monoisotopic (exact) mass is 255 g/mol. The van der Waals surface area contributed by atoms with Gasteiger partial charge in [0.25, 0.3) is 0 Å². The molecule has 4 N–H and O–H groups in total. The van der Waals surface area contributed by atoms with E-state index in [1.165, 1.54) is 6.33 Å². The summed E-state index contributed by atoms with van der Waals surface area (Å²) in [6.45, 7) is 2.22. The van der Waals surface area contributed by atoms with Gasteiger partial charge in [0, 0.05) is 13.0 Å². The maximum absolute atomic E-state index is 11.4. The molecule has 0 aliphatic rings. The molecule has 0 aromatic carbocycles. The van der Waals surface area contributed by atoms with E-state index in [2.05, 4.69) is 25.8 Å². The van der Waals surface area contributed by atoms with Crippen LogP contribution in [0.25, 0.3) is 0 Å². The van der Waals surface area contributed by atoms with Crippen molar-refractivity contribution in [2.24, 2.45) is 0 Å². The summed E-state index contributed by atoms with van der Waals surface area (Å²) in [5, 5.41) is 20.2. The first-order chi connectivity index (χ1) is 8.63. The molecule has 1 unspecified atom stereocenters. The number of aromatic amines is 1. The third-order valence-electron chi connectivity index (χ3n) is 2.29. The summed E-state index contributed by atoms with van der Waals surface area (Å²) in [7, 11) is 0. The average Bonchev–Trinajstić information content (AvgIpc) is 2.81. The summed E-state index contributed by atoms with van der Waals surface area (Å²) >= 11 is 0. The predicted octanol–water partition coefficient (Wildman–Crippen LogP) is -0.100. The lowest BCUT2D eigenvalue weighted by Gasteiger charge is -2.13. The number of amides is 2. The van der Waals surface area contributed by atoms with Crippen molar-refractivity contribution in [1.82, 2.24) is 25.8 Å². The summed E-state index contributed by atoms with van der Waals surface area (Å²) in [6.07, 6.45) is 3.00. The van der Waals surface area contributed by atoms with Gasteiger partial charge in [0.05, 0.1) is 0 Å². The predicted molar refractivity (Wildman–Crippen MR) is 63.0 cm³/mol. The van der Waals surface area contributed by atoms with Crippen LogP contribution in [-0.4, -0.2) is 44.9 Å². The molecule has 2 amide bonds. The van der Waals surface area contributed by atoms with Crippen LogP contribution in [0.2, 0.25) is 0 Å². The van der Waals surface area contributed by atoms with Crippen molar-refractivity contribution in [2.75, 3.05) is 6.54 Å². The van der Waals surface area contributed by atoms with Gasteiger partial charge in [-0.15, -0.1) is 0 Å². The number of nitrogens with zero attached hydrogens (tertiary/aromatic N) is 2. The van der Waals surface area contributed by atoms with Crippen LogP contribution in [0, 0.1) is 0 Å². The van der Waals surface area contributed by atoms with Crippen LogP contribution in [0.3, 0.4) is 0 Å². The molecule has 1 aromatic heterocycles. The molecule has 0 radical (unpaired) electrons. The van der Waals surface area contributed by atoms with E-state index in [0.29, 0.717) is 31.6 Å². The second-order valence-corrected chi connectivity index (χ2v) is 3.76. The number of hydrogen-bond acceptors (Lipinski definition) is 4. The SMILES string of the molecule is CCCC(NC(=O)NCCc1ncn[nH]1)C(=O)O. The number of hydrogen-bond donors (Lipinski definition) is 4. The Bertz CT molecular complexity index is 379. The van der Waals surface area contributed by atoms with Crippen LogP contribution < -0.4 is 10.6 Å². The highest BCUT2D eigenvalue weighted by molar-refractivity contribution is 5.82. The number of H-pyrrole nitrogens is 1. The van der Waals surface area contributed by atoms with Gasteiger partial charge in [-0.3, -0.25) is 5.10 Å². The minimum absolute atomic E-state index is 0.361. The molecule has 0 fully saturated rings. The summed E-state index contributed by atoms with van der Waals surface area (Å²) < 4.78 is 0. The third-order valence-corrected chi connectivity index (χ3v) is 2.29. The molecule has 18 heavy (non-hydrogen) atoms. The lowest BCUT2D eigenvalue weighted by atomic mass is 10.2. The van der Waals surface area contributed by atoms with Gasteiger partial charge in [-0.05, 0) is 6.42 Å². The van der Waals surface area contributed by atoms with Crippen molar-refractivity contribution in [3.05, 3.63) is 12.2 Å². The zero-order chi connectivity index (χ0) is 13.4. The molecule has 0 saturated heterocycles. The normalized spacial score (nSPS) is 11.8. The highest BCUT2D eigenvalue weighted by Gasteiger charge is 2.18. The molecular formula is C10H17N5O3. The number of urea groups is 1. The average molecular weight is 255 g/mol. The highest BCUT2D eigenvalue weighted by Crippen LogP contribution is 1.96. The van der Waals surface area contributed by atoms with Crippen LogP contribution in [0.5, 0.6) is 0 Å². The van der Waals surface area contributed by atoms with Gasteiger partial charge in [0.2, 0.25) is 0 Å². The van der Waals surface area contributed by atoms with Crippen LogP contribution in [0.15, 0.2) is 6.33 Å². The summed E-state index contributed by atoms with van der Waals surface area (Å²) in [6, 6.07) is -1.34. The van der Waals surface area contributed by atoms with Gasteiger partial charge in [-0.1, -0.05) is 13.3 Å². The Hall–Kier alpha value is -2.12. The Morgan fingerprint density at radius 3 is 2.89 bits per heavy atom. The Labute approximate surface area is 104 Å². The maximum Gasteiger partial charge on any atom is 0.326 e. The van der Waals surface area contributed by atoms with Crippen LogP contribution in [0.4, 0.5) is 4.79 Å². The van der Waals surface area contributed by atoms with E-state index >= 15 is 0 Å². The van der Waals surface area contributed by atoms with Crippen LogP contribution in [-0.2, 0) is 11.2 Å². The van der Waals surface area contributed by atoms with Gasteiger partial charge >= 0.3 is 12.0 Å². The minimum atomic E-state index is -1.03. The number of carboxylic acid groups (broad SMARTS) is 1. The van der Waals surface area contributed by atoms with E-state index in [4.69, 9.17) is 5.11 Å².